The molecule has 0 saturated carbocycles. The Hall–Kier alpha value is -2.44. The summed E-state index contributed by atoms with van der Waals surface area (Å²) >= 11 is 0. The summed E-state index contributed by atoms with van der Waals surface area (Å²) in [5.41, 5.74) is 0.191. The molecule has 1 atom stereocenters. The molecule has 0 aromatic carbocycles. The van der Waals surface area contributed by atoms with E-state index < -0.39 is 12.0 Å². The van der Waals surface area contributed by atoms with Gasteiger partial charge < -0.3 is 15.7 Å². The molecule has 2 rings (SSSR count). The van der Waals surface area contributed by atoms with E-state index >= 15 is 0 Å². The lowest BCUT2D eigenvalue weighted by molar-refractivity contribution is -0.122. The van der Waals surface area contributed by atoms with Crippen LogP contribution in [0.1, 0.15) is 23.3 Å². The number of hydrogen-bond donors (Lipinski definition) is 3. The molecule has 0 spiro atoms. The number of nitrogens with zero attached hydrogens (tertiary/aromatic N) is 1. The van der Waals surface area contributed by atoms with E-state index in [-0.39, 0.29) is 17.5 Å². The Morgan fingerprint density at radius 3 is 2.89 bits per heavy atom. The van der Waals surface area contributed by atoms with E-state index in [0.717, 1.165) is 0 Å². The summed E-state index contributed by atoms with van der Waals surface area (Å²) < 4.78 is 0. The molecule has 1 fully saturated rings. The third-order valence-electron chi connectivity index (χ3n) is 2.56. The molecule has 7 heteroatoms. The van der Waals surface area contributed by atoms with Crippen molar-refractivity contribution in [2.45, 2.75) is 18.9 Å². The Bertz CT molecular complexity index is 515. The Kier molecular flexibility index (Phi) is 3.22. The van der Waals surface area contributed by atoms with Crippen LogP contribution in [0.4, 0.5) is 5.69 Å². The quantitative estimate of drug-likeness (QED) is 0.698. The summed E-state index contributed by atoms with van der Waals surface area (Å²) in [5, 5.41) is 13.8. The highest BCUT2D eigenvalue weighted by Gasteiger charge is 2.27. The Morgan fingerprint density at radius 2 is 2.28 bits per heavy atom. The number of carbonyl (C=O) groups is 3. The first-order valence-electron chi connectivity index (χ1n) is 5.36. The van der Waals surface area contributed by atoms with E-state index in [0.29, 0.717) is 18.5 Å². The second-order valence-electron chi connectivity index (χ2n) is 3.88. The van der Waals surface area contributed by atoms with Gasteiger partial charge in [-0.05, 0) is 18.6 Å². The highest BCUT2D eigenvalue weighted by molar-refractivity contribution is 5.99. The van der Waals surface area contributed by atoms with Crippen molar-refractivity contribution in [1.29, 1.82) is 0 Å². The third kappa shape index (κ3) is 2.62. The van der Waals surface area contributed by atoms with Crippen molar-refractivity contribution >= 4 is 23.5 Å². The molecule has 1 unspecified atom stereocenters. The van der Waals surface area contributed by atoms with Gasteiger partial charge in [0.05, 0.1) is 0 Å². The second kappa shape index (κ2) is 4.82. The average Bonchev–Trinajstić information content (AvgIpc) is 2.76. The van der Waals surface area contributed by atoms with Gasteiger partial charge in [-0.15, -0.1) is 0 Å². The van der Waals surface area contributed by atoms with E-state index in [4.69, 9.17) is 5.11 Å². The van der Waals surface area contributed by atoms with Crippen molar-refractivity contribution in [3.63, 3.8) is 0 Å². The number of anilines is 1. The first-order valence-corrected chi connectivity index (χ1v) is 5.36. The highest BCUT2D eigenvalue weighted by Crippen LogP contribution is 2.12. The summed E-state index contributed by atoms with van der Waals surface area (Å²) in [7, 11) is 0. The number of rotatable bonds is 3. The minimum Gasteiger partial charge on any atom is -0.477 e. The fourth-order valence-electron chi connectivity index (χ4n) is 1.67. The number of pyridine rings is 1. The lowest BCUT2D eigenvalue weighted by atomic mass is 10.2. The van der Waals surface area contributed by atoms with Crippen molar-refractivity contribution in [1.82, 2.24) is 10.3 Å². The zero-order valence-corrected chi connectivity index (χ0v) is 9.34. The van der Waals surface area contributed by atoms with Crippen molar-refractivity contribution in [2.24, 2.45) is 0 Å². The van der Waals surface area contributed by atoms with Gasteiger partial charge >= 0.3 is 5.97 Å². The number of carboxylic acid groups (broad SMARTS) is 1. The molecule has 0 bridgehead atoms. The number of nitrogens with one attached hydrogen (secondary N) is 2. The molecule has 1 aliphatic heterocycles. The van der Waals surface area contributed by atoms with Crippen LogP contribution in [0.15, 0.2) is 18.3 Å². The van der Waals surface area contributed by atoms with Crippen LogP contribution < -0.4 is 10.6 Å². The van der Waals surface area contributed by atoms with Crippen LogP contribution in [0.2, 0.25) is 0 Å². The Morgan fingerprint density at radius 1 is 1.50 bits per heavy atom. The second-order valence-corrected chi connectivity index (χ2v) is 3.88. The number of aromatic nitrogens is 1. The van der Waals surface area contributed by atoms with Gasteiger partial charge in [0, 0.05) is 18.3 Å². The summed E-state index contributed by atoms with van der Waals surface area (Å²) in [5.74, 6) is -1.68. The molecule has 1 saturated heterocycles. The van der Waals surface area contributed by atoms with E-state index in [9.17, 15) is 14.4 Å². The van der Waals surface area contributed by atoms with Crippen LogP contribution in [0.3, 0.4) is 0 Å². The van der Waals surface area contributed by atoms with Gasteiger partial charge in [0.25, 0.3) is 0 Å². The van der Waals surface area contributed by atoms with Crippen molar-refractivity contribution in [3.8, 4) is 0 Å². The molecule has 1 aliphatic rings. The van der Waals surface area contributed by atoms with Crippen LogP contribution in [0.5, 0.6) is 0 Å². The van der Waals surface area contributed by atoms with Crippen molar-refractivity contribution in [3.05, 3.63) is 24.0 Å². The molecule has 1 aromatic rings. The standard InChI is InChI=1S/C11H11N3O4/c15-9-2-1-7(14-9)10(16)13-6-3-4-12-8(5-6)11(17)18/h3-5,7H,1-2H2,(H,14,15)(H,17,18)(H,12,13,16). The molecule has 7 nitrogen and oxygen atoms in total. The lowest BCUT2D eigenvalue weighted by Crippen LogP contribution is -2.37. The van der Waals surface area contributed by atoms with Crippen LogP contribution in [0.25, 0.3) is 0 Å². The number of hydrogen-bond acceptors (Lipinski definition) is 4. The smallest absolute Gasteiger partial charge is 0.354 e. The molecule has 18 heavy (non-hydrogen) atoms. The predicted molar refractivity (Wildman–Crippen MR) is 61.0 cm³/mol. The monoisotopic (exact) mass is 249 g/mol. The van der Waals surface area contributed by atoms with Crippen molar-refractivity contribution < 1.29 is 19.5 Å². The minimum absolute atomic E-state index is 0.150. The number of aromatic carboxylic acids is 1. The van der Waals surface area contributed by atoms with Crippen LogP contribution in [-0.4, -0.2) is 33.9 Å². The Balaban J connectivity index is 2.05. The van der Waals surface area contributed by atoms with Crippen LogP contribution >= 0.6 is 0 Å². The maximum absolute atomic E-state index is 11.7. The van der Waals surface area contributed by atoms with Gasteiger partial charge in [-0.2, -0.15) is 0 Å². The van der Waals surface area contributed by atoms with Gasteiger partial charge in [0.2, 0.25) is 11.8 Å². The number of carbonyl (C=O) groups excluding carboxylic acids is 2. The molecular weight excluding hydrogens is 238 g/mol. The fraction of sp³-hybridized carbons (Fsp3) is 0.273. The minimum atomic E-state index is -1.17. The summed E-state index contributed by atoms with van der Waals surface area (Å²) in [6.45, 7) is 0. The highest BCUT2D eigenvalue weighted by atomic mass is 16.4. The van der Waals surface area contributed by atoms with Gasteiger partial charge in [-0.25, -0.2) is 9.78 Å². The van der Waals surface area contributed by atoms with Crippen LogP contribution in [0, 0.1) is 0 Å². The molecule has 3 N–H and O–H groups in total. The molecule has 2 amide bonds. The van der Waals surface area contributed by atoms with Gasteiger partial charge in [-0.3, -0.25) is 9.59 Å². The summed E-state index contributed by atoms with van der Waals surface area (Å²) in [4.78, 5) is 37.1. The molecule has 2 heterocycles. The SMILES string of the molecule is O=C1CCC(C(=O)Nc2ccnc(C(=O)O)c2)N1. The molecule has 0 aliphatic carbocycles. The first-order chi connectivity index (χ1) is 8.56. The largest absolute Gasteiger partial charge is 0.477 e. The molecule has 1 aromatic heterocycles. The Labute approximate surface area is 102 Å². The van der Waals surface area contributed by atoms with E-state index in [1.165, 1.54) is 18.3 Å². The summed E-state index contributed by atoms with van der Waals surface area (Å²) in [6, 6.07) is 2.19. The summed E-state index contributed by atoms with van der Waals surface area (Å²) in [6.07, 6.45) is 2.07. The molecule has 94 valence electrons. The maximum atomic E-state index is 11.7. The maximum Gasteiger partial charge on any atom is 0.354 e. The van der Waals surface area contributed by atoms with Crippen molar-refractivity contribution in [2.75, 3.05) is 5.32 Å². The molecular formula is C11H11N3O4. The third-order valence-corrected chi connectivity index (χ3v) is 2.56. The van der Waals surface area contributed by atoms with Crippen LogP contribution in [-0.2, 0) is 9.59 Å². The fourth-order valence-corrected chi connectivity index (χ4v) is 1.67. The van der Waals surface area contributed by atoms with E-state index in [2.05, 4.69) is 15.6 Å². The number of amides is 2. The number of carboxylic acids is 1. The normalized spacial score (nSPS) is 18.2. The zero-order chi connectivity index (χ0) is 13.1. The lowest BCUT2D eigenvalue weighted by Gasteiger charge is -2.10. The molecule has 0 radical (unpaired) electrons. The average molecular weight is 249 g/mol. The van der Waals surface area contributed by atoms with E-state index in [1.807, 2.05) is 0 Å². The zero-order valence-electron chi connectivity index (χ0n) is 9.34. The van der Waals surface area contributed by atoms with Gasteiger partial charge in [0.15, 0.2) is 0 Å². The predicted octanol–water partition coefficient (Wildman–Crippen LogP) is -0.00310. The van der Waals surface area contributed by atoms with E-state index in [1.54, 1.807) is 0 Å². The first kappa shape index (κ1) is 12.0. The van der Waals surface area contributed by atoms with Gasteiger partial charge in [-0.1, -0.05) is 0 Å². The topological polar surface area (TPSA) is 108 Å². The van der Waals surface area contributed by atoms with Gasteiger partial charge in [0.1, 0.15) is 11.7 Å².